The highest BCUT2D eigenvalue weighted by molar-refractivity contribution is 9.12. The summed E-state index contributed by atoms with van der Waals surface area (Å²) in [5, 5.41) is 13.5. The second-order valence-corrected chi connectivity index (χ2v) is 7.45. The first-order valence-electron chi connectivity index (χ1n) is 9.59. The normalized spacial score (nSPS) is 15.5. The van der Waals surface area contributed by atoms with Crippen LogP contribution in [-0.2, 0) is 4.79 Å². The summed E-state index contributed by atoms with van der Waals surface area (Å²) in [5.74, 6) is -0.808. The van der Waals surface area contributed by atoms with Crippen LogP contribution in [-0.4, -0.2) is 34.7 Å². The summed E-state index contributed by atoms with van der Waals surface area (Å²) in [6, 6.07) is 5.22. The molecule has 1 heterocycles. The molecule has 1 fully saturated rings. The summed E-state index contributed by atoms with van der Waals surface area (Å²) in [6.07, 6.45) is 9.84. The lowest BCUT2D eigenvalue weighted by atomic mass is 10.1. The van der Waals surface area contributed by atoms with Crippen LogP contribution in [0, 0.1) is 10.1 Å². The minimum absolute atomic E-state index is 0.114. The standard InChI is InChI=1S/C22H24BrN3O4/c1-3-8-16(9-4-2)19(23)20(22(28)25-14-6-5-7-15-25)24-21(27)17-10-12-18(13-11-17)26(29)30/h3-4,8-13H,1,5-7,14-15H2,2H3,(H,24,27)/b9-4-,16-8+,20-19+. The maximum atomic E-state index is 13.2. The fraction of sp³-hybridized carbons (Fsp3) is 0.273. The monoisotopic (exact) mass is 473 g/mol. The second-order valence-electron chi connectivity index (χ2n) is 6.66. The van der Waals surface area contributed by atoms with Gasteiger partial charge in [-0.3, -0.25) is 19.7 Å². The molecule has 0 aliphatic carbocycles. The van der Waals surface area contributed by atoms with Crippen LogP contribution in [0.15, 0.2) is 70.9 Å². The molecule has 0 aromatic heterocycles. The Morgan fingerprint density at radius 2 is 1.83 bits per heavy atom. The summed E-state index contributed by atoms with van der Waals surface area (Å²) in [5.41, 5.74) is 0.894. The highest BCUT2D eigenvalue weighted by atomic mass is 79.9. The number of hydrogen-bond acceptors (Lipinski definition) is 4. The number of allylic oxidation sites excluding steroid dienone is 6. The van der Waals surface area contributed by atoms with E-state index in [9.17, 15) is 19.7 Å². The van der Waals surface area contributed by atoms with E-state index in [0.717, 1.165) is 19.3 Å². The van der Waals surface area contributed by atoms with E-state index in [2.05, 4.69) is 27.8 Å². The van der Waals surface area contributed by atoms with Gasteiger partial charge in [0, 0.05) is 30.8 Å². The molecule has 1 saturated heterocycles. The lowest BCUT2D eigenvalue weighted by Crippen LogP contribution is -2.41. The van der Waals surface area contributed by atoms with Crippen LogP contribution in [0.4, 0.5) is 5.69 Å². The number of carbonyl (C=O) groups excluding carboxylic acids is 2. The van der Waals surface area contributed by atoms with Crippen LogP contribution in [0.5, 0.6) is 0 Å². The fourth-order valence-electron chi connectivity index (χ4n) is 3.03. The van der Waals surface area contributed by atoms with E-state index in [1.165, 1.54) is 24.3 Å². The molecule has 1 aliphatic rings. The van der Waals surface area contributed by atoms with Crippen molar-refractivity contribution < 1.29 is 14.5 Å². The first kappa shape index (κ1) is 23.3. The third kappa shape index (κ3) is 6.00. The van der Waals surface area contributed by atoms with Crippen LogP contribution in [0.25, 0.3) is 0 Å². The van der Waals surface area contributed by atoms with Crippen molar-refractivity contribution in [1.82, 2.24) is 10.2 Å². The number of nitrogens with one attached hydrogen (secondary N) is 1. The molecule has 7 nitrogen and oxygen atoms in total. The van der Waals surface area contributed by atoms with Crippen LogP contribution < -0.4 is 5.32 Å². The van der Waals surface area contributed by atoms with Gasteiger partial charge in [0.2, 0.25) is 0 Å². The van der Waals surface area contributed by atoms with Gasteiger partial charge in [-0.05, 0) is 59.8 Å². The smallest absolute Gasteiger partial charge is 0.271 e. The average Bonchev–Trinajstić information content (AvgIpc) is 2.77. The van der Waals surface area contributed by atoms with E-state index in [-0.39, 0.29) is 22.9 Å². The summed E-state index contributed by atoms with van der Waals surface area (Å²) in [6.45, 7) is 6.80. The number of rotatable bonds is 7. The molecule has 0 radical (unpaired) electrons. The molecular formula is C22H24BrN3O4. The Balaban J connectivity index is 2.41. The molecular weight excluding hydrogens is 450 g/mol. The lowest BCUT2D eigenvalue weighted by Gasteiger charge is -2.28. The lowest BCUT2D eigenvalue weighted by molar-refractivity contribution is -0.384. The Hall–Kier alpha value is -3.00. The minimum atomic E-state index is -0.535. The highest BCUT2D eigenvalue weighted by Gasteiger charge is 2.25. The predicted molar refractivity (Wildman–Crippen MR) is 120 cm³/mol. The molecule has 0 saturated carbocycles. The first-order chi connectivity index (χ1) is 14.4. The van der Waals surface area contributed by atoms with E-state index in [4.69, 9.17) is 0 Å². The maximum Gasteiger partial charge on any atom is 0.271 e. The second kappa shape index (κ2) is 11.3. The average molecular weight is 474 g/mol. The maximum absolute atomic E-state index is 13.2. The highest BCUT2D eigenvalue weighted by Crippen LogP contribution is 2.25. The van der Waals surface area contributed by atoms with Gasteiger partial charge in [-0.25, -0.2) is 0 Å². The zero-order valence-electron chi connectivity index (χ0n) is 16.8. The molecule has 1 aliphatic heterocycles. The number of halogens is 1. The molecule has 8 heteroatoms. The summed E-state index contributed by atoms with van der Waals surface area (Å²) in [4.78, 5) is 38.0. The van der Waals surface area contributed by atoms with Crippen molar-refractivity contribution in [3.63, 3.8) is 0 Å². The van der Waals surface area contributed by atoms with Crippen LogP contribution in [0.1, 0.15) is 36.5 Å². The minimum Gasteiger partial charge on any atom is -0.337 e. The van der Waals surface area contributed by atoms with Gasteiger partial charge in [0.1, 0.15) is 5.70 Å². The van der Waals surface area contributed by atoms with Gasteiger partial charge >= 0.3 is 0 Å². The number of hydrogen-bond donors (Lipinski definition) is 1. The van der Waals surface area contributed by atoms with E-state index >= 15 is 0 Å². The number of carbonyl (C=O) groups is 2. The van der Waals surface area contributed by atoms with Crippen LogP contribution in [0.2, 0.25) is 0 Å². The molecule has 0 atom stereocenters. The number of benzene rings is 1. The number of nitro groups is 1. The molecule has 0 spiro atoms. The number of nitrogens with zero attached hydrogens (tertiary/aromatic N) is 2. The molecule has 1 N–H and O–H groups in total. The van der Waals surface area contributed by atoms with Crippen molar-refractivity contribution in [3.8, 4) is 0 Å². The molecule has 2 rings (SSSR count). The predicted octanol–water partition coefficient (Wildman–Crippen LogP) is 4.63. The van der Waals surface area contributed by atoms with E-state index in [1.54, 1.807) is 23.1 Å². The van der Waals surface area contributed by atoms with Crippen LogP contribution >= 0.6 is 15.9 Å². The Bertz CT molecular complexity index is 911. The Morgan fingerprint density at radius 3 is 2.37 bits per heavy atom. The number of non-ortho nitro benzene ring substituents is 1. The Labute approximate surface area is 184 Å². The number of piperidine rings is 1. The molecule has 2 amide bonds. The molecule has 158 valence electrons. The molecule has 1 aromatic rings. The third-order valence-electron chi connectivity index (χ3n) is 4.55. The molecule has 0 unspecified atom stereocenters. The molecule has 0 bridgehead atoms. The van der Waals surface area contributed by atoms with Crippen molar-refractivity contribution in [2.75, 3.05) is 13.1 Å². The number of likely N-dealkylation sites (tertiary alicyclic amines) is 1. The van der Waals surface area contributed by atoms with Gasteiger partial charge in [-0.2, -0.15) is 0 Å². The number of nitro benzene ring substituents is 1. The van der Waals surface area contributed by atoms with Crippen molar-refractivity contribution in [3.05, 3.63) is 86.6 Å². The SMILES string of the molecule is C=C/C=C(\C=C/C)C(/Br)=C(\NC(=O)c1ccc([N+](=O)[O-])cc1)C(=O)N1CCCCC1. The van der Waals surface area contributed by atoms with Crippen molar-refractivity contribution in [2.45, 2.75) is 26.2 Å². The van der Waals surface area contributed by atoms with Gasteiger partial charge in [0.25, 0.3) is 17.5 Å². The summed E-state index contributed by atoms with van der Waals surface area (Å²) < 4.78 is 0.436. The summed E-state index contributed by atoms with van der Waals surface area (Å²) >= 11 is 3.47. The summed E-state index contributed by atoms with van der Waals surface area (Å²) in [7, 11) is 0. The molecule has 1 aromatic carbocycles. The van der Waals surface area contributed by atoms with Gasteiger partial charge in [-0.15, -0.1) is 0 Å². The van der Waals surface area contributed by atoms with Gasteiger partial charge < -0.3 is 10.2 Å². The third-order valence-corrected chi connectivity index (χ3v) is 5.41. The van der Waals surface area contributed by atoms with E-state index in [0.29, 0.717) is 23.1 Å². The van der Waals surface area contributed by atoms with E-state index < -0.39 is 10.8 Å². The topological polar surface area (TPSA) is 92.5 Å². The van der Waals surface area contributed by atoms with Crippen LogP contribution in [0.3, 0.4) is 0 Å². The quantitative estimate of drug-likeness (QED) is 0.270. The van der Waals surface area contributed by atoms with Crippen molar-refractivity contribution >= 4 is 33.4 Å². The largest absolute Gasteiger partial charge is 0.337 e. The van der Waals surface area contributed by atoms with E-state index in [1.807, 2.05) is 13.0 Å². The van der Waals surface area contributed by atoms with Gasteiger partial charge in [-0.1, -0.05) is 30.9 Å². The van der Waals surface area contributed by atoms with Gasteiger partial charge in [0.05, 0.1) is 9.41 Å². The molecule has 30 heavy (non-hydrogen) atoms. The number of amides is 2. The van der Waals surface area contributed by atoms with Crippen molar-refractivity contribution in [2.24, 2.45) is 0 Å². The zero-order valence-corrected chi connectivity index (χ0v) is 18.4. The first-order valence-corrected chi connectivity index (χ1v) is 10.4. The Morgan fingerprint density at radius 1 is 1.20 bits per heavy atom. The Kier molecular flexibility index (Phi) is 8.73. The van der Waals surface area contributed by atoms with Crippen molar-refractivity contribution in [1.29, 1.82) is 0 Å². The fourth-order valence-corrected chi connectivity index (χ4v) is 3.56. The van der Waals surface area contributed by atoms with Gasteiger partial charge in [0.15, 0.2) is 0 Å². The zero-order chi connectivity index (χ0) is 22.1.